The summed E-state index contributed by atoms with van der Waals surface area (Å²) < 4.78 is 26.6. The highest BCUT2D eigenvalue weighted by Crippen LogP contribution is 2.30. The number of rotatable bonds is 6. The fraction of sp³-hybridized carbons (Fsp3) is 0.667. The second-order valence-electron chi connectivity index (χ2n) is 4.83. The van der Waals surface area contributed by atoms with E-state index in [2.05, 4.69) is 5.32 Å². The molecule has 0 aliphatic heterocycles. The molecule has 1 N–H and O–H groups in total. The average molecular weight is 288 g/mol. The fourth-order valence-electron chi connectivity index (χ4n) is 2.06. The molecule has 0 atom stereocenters. The molecular weight excluding hydrogens is 268 g/mol. The third kappa shape index (κ3) is 2.93. The largest absolute Gasteiger partial charge is 0.315 e. The maximum Gasteiger partial charge on any atom is 0.252 e. The first-order valence-corrected chi connectivity index (χ1v) is 8.49. The third-order valence-corrected chi connectivity index (χ3v) is 6.77. The molecule has 4 nitrogen and oxygen atoms in total. The van der Waals surface area contributed by atoms with Gasteiger partial charge in [-0.25, -0.2) is 8.42 Å². The van der Waals surface area contributed by atoms with E-state index in [1.807, 2.05) is 13.1 Å². The van der Waals surface area contributed by atoms with E-state index in [1.165, 1.54) is 22.1 Å². The standard InChI is InChI=1S/C12H20N2O2S2/c1-13-8-11-6-7-12(17-11)18(15,16)14(2)9-10-4-3-5-10/h6-7,10,13H,3-5,8-9H2,1-2H3. The molecule has 0 amide bonds. The molecule has 1 aliphatic rings. The Kier molecular flexibility index (Phi) is 4.42. The van der Waals surface area contributed by atoms with Crippen molar-refractivity contribution < 1.29 is 8.42 Å². The minimum absolute atomic E-state index is 0.453. The Bertz CT molecular complexity index is 492. The number of sulfonamides is 1. The molecule has 1 aromatic heterocycles. The molecule has 1 fully saturated rings. The molecule has 0 radical (unpaired) electrons. The molecule has 1 aliphatic carbocycles. The Morgan fingerprint density at radius 1 is 1.44 bits per heavy atom. The van der Waals surface area contributed by atoms with E-state index in [4.69, 9.17) is 0 Å². The van der Waals surface area contributed by atoms with Gasteiger partial charge in [0.1, 0.15) is 4.21 Å². The van der Waals surface area contributed by atoms with Crippen molar-refractivity contribution in [1.29, 1.82) is 0 Å². The highest BCUT2D eigenvalue weighted by molar-refractivity contribution is 7.91. The fourth-order valence-corrected chi connectivity index (χ4v) is 4.88. The molecule has 0 unspecified atom stereocenters. The molecule has 0 saturated heterocycles. The second-order valence-corrected chi connectivity index (χ2v) is 8.27. The zero-order chi connectivity index (χ0) is 13.2. The van der Waals surface area contributed by atoms with Crippen molar-refractivity contribution in [2.24, 2.45) is 5.92 Å². The van der Waals surface area contributed by atoms with Gasteiger partial charge in [-0.05, 0) is 37.9 Å². The van der Waals surface area contributed by atoms with Crippen LogP contribution in [0.3, 0.4) is 0 Å². The van der Waals surface area contributed by atoms with Crippen LogP contribution in [0.25, 0.3) is 0 Å². The van der Waals surface area contributed by atoms with Crippen LogP contribution in [-0.4, -0.2) is 33.4 Å². The molecule has 2 rings (SSSR count). The second kappa shape index (κ2) is 5.69. The Labute approximate surface area is 113 Å². The van der Waals surface area contributed by atoms with E-state index in [0.717, 1.165) is 17.7 Å². The van der Waals surface area contributed by atoms with Crippen LogP contribution in [0.4, 0.5) is 0 Å². The summed E-state index contributed by atoms with van der Waals surface area (Å²) in [5.74, 6) is 0.557. The van der Waals surface area contributed by atoms with Crippen molar-refractivity contribution >= 4 is 21.4 Å². The van der Waals surface area contributed by atoms with Gasteiger partial charge in [0.25, 0.3) is 10.0 Å². The molecular formula is C12H20N2O2S2. The molecule has 18 heavy (non-hydrogen) atoms. The van der Waals surface area contributed by atoms with Crippen molar-refractivity contribution in [3.63, 3.8) is 0 Å². The quantitative estimate of drug-likeness (QED) is 0.869. The lowest BCUT2D eigenvalue weighted by Gasteiger charge is -2.29. The monoisotopic (exact) mass is 288 g/mol. The highest BCUT2D eigenvalue weighted by atomic mass is 32.2. The summed E-state index contributed by atoms with van der Waals surface area (Å²) in [6.45, 7) is 1.37. The van der Waals surface area contributed by atoms with Crippen LogP contribution < -0.4 is 5.32 Å². The van der Waals surface area contributed by atoms with Crippen molar-refractivity contribution in [2.75, 3.05) is 20.6 Å². The Morgan fingerprint density at radius 3 is 2.72 bits per heavy atom. The molecule has 1 heterocycles. The zero-order valence-electron chi connectivity index (χ0n) is 10.8. The Balaban J connectivity index is 2.07. The zero-order valence-corrected chi connectivity index (χ0v) is 12.5. The van der Waals surface area contributed by atoms with E-state index in [9.17, 15) is 8.42 Å². The lowest BCUT2D eigenvalue weighted by atomic mass is 9.86. The third-order valence-electron chi connectivity index (χ3n) is 3.39. The molecule has 1 aromatic rings. The van der Waals surface area contributed by atoms with Crippen LogP contribution in [0.5, 0.6) is 0 Å². The first-order chi connectivity index (χ1) is 8.54. The van der Waals surface area contributed by atoms with Gasteiger partial charge in [-0.1, -0.05) is 6.42 Å². The van der Waals surface area contributed by atoms with Gasteiger partial charge in [-0.3, -0.25) is 0 Å². The predicted molar refractivity (Wildman–Crippen MR) is 74.2 cm³/mol. The average Bonchev–Trinajstić information content (AvgIpc) is 2.72. The van der Waals surface area contributed by atoms with E-state index >= 15 is 0 Å². The van der Waals surface area contributed by atoms with Gasteiger partial charge in [-0.15, -0.1) is 11.3 Å². The van der Waals surface area contributed by atoms with Gasteiger partial charge in [0.15, 0.2) is 0 Å². The lowest BCUT2D eigenvalue weighted by Crippen LogP contribution is -2.33. The maximum atomic E-state index is 12.3. The van der Waals surface area contributed by atoms with Crippen molar-refractivity contribution in [3.05, 3.63) is 17.0 Å². The molecule has 0 aromatic carbocycles. The SMILES string of the molecule is CNCc1ccc(S(=O)(=O)N(C)CC2CCC2)s1. The van der Waals surface area contributed by atoms with Crippen molar-refractivity contribution in [1.82, 2.24) is 9.62 Å². The molecule has 1 saturated carbocycles. The summed E-state index contributed by atoms with van der Waals surface area (Å²) in [6, 6.07) is 3.59. The summed E-state index contributed by atoms with van der Waals surface area (Å²) in [5.41, 5.74) is 0. The van der Waals surface area contributed by atoms with Gasteiger partial charge in [0, 0.05) is 25.0 Å². The van der Waals surface area contributed by atoms with E-state index in [1.54, 1.807) is 13.1 Å². The topological polar surface area (TPSA) is 49.4 Å². The normalized spacial score (nSPS) is 17.1. The summed E-state index contributed by atoms with van der Waals surface area (Å²) in [4.78, 5) is 1.05. The van der Waals surface area contributed by atoms with E-state index in [0.29, 0.717) is 23.2 Å². The number of thiophene rings is 1. The summed E-state index contributed by atoms with van der Waals surface area (Å²) in [5, 5.41) is 3.03. The number of nitrogens with zero attached hydrogens (tertiary/aromatic N) is 1. The van der Waals surface area contributed by atoms with Crippen molar-refractivity contribution in [3.8, 4) is 0 Å². The first-order valence-electron chi connectivity index (χ1n) is 6.23. The van der Waals surface area contributed by atoms with Gasteiger partial charge in [0.05, 0.1) is 0 Å². The molecule has 102 valence electrons. The van der Waals surface area contributed by atoms with Crippen LogP contribution in [0, 0.1) is 5.92 Å². The number of nitrogens with one attached hydrogen (secondary N) is 1. The van der Waals surface area contributed by atoms with E-state index < -0.39 is 10.0 Å². The number of hydrogen-bond acceptors (Lipinski definition) is 4. The van der Waals surface area contributed by atoms with Crippen molar-refractivity contribution in [2.45, 2.75) is 30.0 Å². The first kappa shape index (κ1) is 14.0. The van der Waals surface area contributed by atoms with E-state index in [-0.39, 0.29) is 0 Å². The van der Waals surface area contributed by atoms with Crippen LogP contribution >= 0.6 is 11.3 Å². The van der Waals surface area contributed by atoms with Crippen LogP contribution in [0.2, 0.25) is 0 Å². The molecule has 6 heteroatoms. The highest BCUT2D eigenvalue weighted by Gasteiger charge is 2.27. The van der Waals surface area contributed by atoms with Crippen LogP contribution in [-0.2, 0) is 16.6 Å². The molecule has 0 bridgehead atoms. The maximum absolute atomic E-state index is 12.3. The number of hydrogen-bond donors (Lipinski definition) is 1. The van der Waals surface area contributed by atoms with Gasteiger partial charge >= 0.3 is 0 Å². The van der Waals surface area contributed by atoms with Gasteiger partial charge in [0.2, 0.25) is 0 Å². The van der Waals surface area contributed by atoms with Crippen LogP contribution in [0.1, 0.15) is 24.1 Å². The van der Waals surface area contributed by atoms with Gasteiger partial charge < -0.3 is 5.32 Å². The Hall–Kier alpha value is -0.430. The minimum Gasteiger partial charge on any atom is -0.315 e. The Morgan fingerprint density at radius 2 is 2.17 bits per heavy atom. The summed E-state index contributed by atoms with van der Waals surface area (Å²) in [6.07, 6.45) is 3.56. The summed E-state index contributed by atoms with van der Waals surface area (Å²) in [7, 11) is 0.260. The lowest BCUT2D eigenvalue weighted by molar-refractivity contribution is 0.263. The minimum atomic E-state index is -3.28. The van der Waals surface area contributed by atoms with Crippen LogP contribution in [0.15, 0.2) is 16.3 Å². The molecule has 0 spiro atoms. The predicted octanol–water partition coefficient (Wildman–Crippen LogP) is 1.89. The smallest absolute Gasteiger partial charge is 0.252 e. The van der Waals surface area contributed by atoms with Gasteiger partial charge in [-0.2, -0.15) is 4.31 Å². The summed E-state index contributed by atoms with van der Waals surface area (Å²) >= 11 is 1.35.